The van der Waals surface area contributed by atoms with E-state index in [-0.39, 0.29) is 23.1 Å². The molecular weight excluding hydrogens is 341 g/mol. The highest BCUT2D eigenvalue weighted by Crippen LogP contribution is 2.27. The molecule has 26 heavy (non-hydrogen) atoms. The van der Waals surface area contributed by atoms with Gasteiger partial charge in [-0.15, -0.1) is 0 Å². The minimum absolute atomic E-state index is 0.00190. The Kier molecular flexibility index (Phi) is 6.16. The molecule has 0 bridgehead atoms. The molecule has 6 nitrogen and oxygen atoms in total. The third-order valence-electron chi connectivity index (χ3n) is 3.31. The Morgan fingerprint density at radius 2 is 1.88 bits per heavy atom. The average molecular weight is 361 g/mol. The lowest BCUT2D eigenvalue weighted by Crippen LogP contribution is -2.21. The summed E-state index contributed by atoms with van der Waals surface area (Å²) in [5.41, 5.74) is 1.00. The fourth-order valence-corrected chi connectivity index (χ4v) is 2.17. The highest BCUT2D eigenvalue weighted by molar-refractivity contribution is 5.96. The second kappa shape index (κ2) is 8.33. The largest absolute Gasteiger partial charge is 0.489 e. The fraction of sp³-hybridized carbons (Fsp3) is 0.263. The molecule has 0 aliphatic heterocycles. The van der Waals surface area contributed by atoms with Crippen LogP contribution in [0.15, 0.2) is 36.4 Å². The van der Waals surface area contributed by atoms with Crippen LogP contribution >= 0.6 is 0 Å². The molecule has 0 saturated carbocycles. The lowest BCUT2D eigenvalue weighted by atomic mass is 10.2. The first kappa shape index (κ1) is 19.2. The molecular formula is C19H20FNO5. The van der Waals surface area contributed by atoms with Gasteiger partial charge < -0.3 is 19.9 Å². The van der Waals surface area contributed by atoms with Gasteiger partial charge >= 0.3 is 5.97 Å². The number of halogens is 1. The number of nitrogens with one attached hydrogen (secondary N) is 1. The van der Waals surface area contributed by atoms with Crippen LogP contribution in [0.4, 0.5) is 10.1 Å². The summed E-state index contributed by atoms with van der Waals surface area (Å²) in [4.78, 5) is 23.3. The quantitative estimate of drug-likeness (QED) is 0.786. The van der Waals surface area contributed by atoms with Crippen molar-refractivity contribution < 1.29 is 28.6 Å². The van der Waals surface area contributed by atoms with E-state index >= 15 is 0 Å². The molecule has 0 aliphatic rings. The van der Waals surface area contributed by atoms with Gasteiger partial charge in [0.25, 0.3) is 5.91 Å². The topological polar surface area (TPSA) is 84.9 Å². The van der Waals surface area contributed by atoms with Gasteiger partial charge in [-0.3, -0.25) is 4.79 Å². The van der Waals surface area contributed by atoms with E-state index in [9.17, 15) is 14.0 Å². The number of amides is 1. The highest BCUT2D eigenvalue weighted by Gasteiger charge is 2.14. The van der Waals surface area contributed by atoms with Crippen LogP contribution in [-0.2, 0) is 4.79 Å². The van der Waals surface area contributed by atoms with Crippen molar-refractivity contribution in [1.82, 2.24) is 0 Å². The minimum atomic E-state index is -1.13. The monoisotopic (exact) mass is 361 g/mol. The summed E-state index contributed by atoms with van der Waals surface area (Å²) in [6, 6.07) is 8.49. The number of rotatable bonds is 7. The minimum Gasteiger partial charge on any atom is -0.489 e. The van der Waals surface area contributed by atoms with Crippen LogP contribution in [0, 0.1) is 12.7 Å². The molecule has 2 rings (SSSR count). The lowest BCUT2D eigenvalue weighted by Gasteiger charge is -2.16. The number of carboxylic acids is 1. The predicted octanol–water partition coefficient (Wildman–Crippen LogP) is 3.64. The van der Waals surface area contributed by atoms with E-state index in [4.69, 9.17) is 14.6 Å². The van der Waals surface area contributed by atoms with E-state index in [1.165, 1.54) is 30.3 Å². The summed E-state index contributed by atoms with van der Waals surface area (Å²) in [7, 11) is 0. The molecule has 0 spiro atoms. The average Bonchev–Trinajstić information content (AvgIpc) is 2.56. The number of ether oxygens (including phenoxy) is 2. The molecule has 0 atom stereocenters. The summed E-state index contributed by atoms with van der Waals surface area (Å²) < 4.78 is 24.4. The van der Waals surface area contributed by atoms with E-state index in [0.717, 1.165) is 5.56 Å². The maximum Gasteiger partial charge on any atom is 0.335 e. The summed E-state index contributed by atoms with van der Waals surface area (Å²) in [6.07, 6.45) is -0.168. The second-order valence-corrected chi connectivity index (χ2v) is 5.95. The number of aromatic carboxylic acids is 1. The van der Waals surface area contributed by atoms with Crippen molar-refractivity contribution in [2.45, 2.75) is 26.9 Å². The maximum atomic E-state index is 13.7. The molecule has 7 heteroatoms. The summed E-state index contributed by atoms with van der Waals surface area (Å²) in [6.45, 7) is 4.96. The van der Waals surface area contributed by atoms with Gasteiger partial charge in [0.05, 0.1) is 17.4 Å². The van der Waals surface area contributed by atoms with Crippen LogP contribution in [0.1, 0.15) is 29.8 Å². The summed E-state index contributed by atoms with van der Waals surface area (Å²) >= 11 is 0. The molecule has 0 heterocycles. The number of carboxylic acid groups (broad SMARTS) is 1. The zero-order chi connectivity index (χ0) is 19.3. The SMILES string of the molecule is Cc1ccc(F)c(OCC(=O)Nc2cc(C(=O)O)ccc2OC(C)C)c1. The molecule has 138 valence electrons. The van der Waals surface area contributed by atoms with Crippen LogP contribution in [-0.4, -0.2) is 29.7 Å². The van der Waals surface area contributed by atoms with Gasteiger partial charge in [0.2, 0.25) is 0 Å². The van der Waals surface area contributed by atoms with Crippen molar-refractivity contribution in [1.29, 1.82) is 0 Å². The van der Waals surface area contributed by atoms with E-state index in [2.05, 4.69) is 5.32 Å². The molecule has 0 unspecified atom stereocenters. The maximum absolute atomic E-state index is 13.7. The fourth-order valence-electron chi connectivity index (χ4n) is 2.17. The van der Waals surface area contributed by atoms with Crippen molar-refractivity contribution >= 4 is 17.6 Å². The Bertz CT molecular complexity index is 820. The zero-order valence-corrected chi connectivity index (χ0v) is 14.7. The van der Waals surface area contributed by atoms with Crippen molar-refractivity contribution in [3.05, 3.63) is 53.3 Å². The lowest BCUT2D eigenvalue weighted by molar-refractivity contribution is -0.118. The van der Waals surface area contributed by atoms with Crippen LogP contribution in [0.3, 0.4) is 0 Å². The molecule has 0 saturated heterocycles. The second-order valence-electron chi connectivity index (χ2n) is 5.95. The van der Waals surface area contributed by atoms with Crippen molar-refractivity contribution in [3.63, 3.8) is 0 Å². The molecule has 0 aliphatic carbocycles. The number of aryl methyl sites for hydroxylation is 1. The first-order valence-corrected chi connectivity index (χ1v) is 7.99. The number of carbonyl (C=O) groups is 2. The number of hydrogen-bond acceptors (Lipinski definition) is 4. The predicted molar refractivity (Wildman–Crippen MR) is 94.4 cm³/mol. The van der Waals surface area contributed by atoms with Gasteiger partial charge in [-0.25, -0.2) is 9.18 Å². The van der Waals surface area contributed by atoms with Crippen molar-refractivity contribution in [3.8, 4) is 11.5 Å². The van der Waals surface area contributed by atoms with Crippen LogP contribution in [0.25, 0.3) is 0 Å². The van der Waals surface area contributed by atoms with Gasteiger partial charge in [-0.05, 0) is 56.7 Å². The van der Waals surface area contributed by atoms with Gasteiger partial charge in [-0.2, -0.15) is 0 Å². The summed E-state index contributed by atoms with van der Waals surface area (Å²) in [5.74, 6) is -1.96. The Labute approximate surface area is 150 Å². The molecule has 1 amide bonds. The van der Waals surface area contributed by atoms with Crippen LogP contribution in [0.5, 0.6) is 11.5 Å². The number of hydrogen-bond donors (Lipinski definition) is 2. The zero-order valence-electron chi connectivity index (χ0n) is 14.7. The van der Waals surface area contributed by atoms with Gasteiger partial charge in [0.15, 0.2) is 18.2 Å². The molecule has 0 radical (unpaired) electrons. The van der Waals surface area contributed by atoms with E-state index in [0.29, 0.717) is 5.75 Å². The van der Waals surface area contributed by atoms with E-state index in [1.807, 2.05) is 0 Å². The molecule has 2 aromatic carbocycles. The Morgan fingerprint density at radius 1 is 1.15 bits per heavy atom. The molecule has 2 aromatic rings. The van der Waals surface area contributed by atoms with E-state index in [1.54, 1.807) is 26.8 Å². The molecule has 2 N–H and O–H groups in total. The van der Waals surface area contributed by atoms with E-state index < -0.39 is 24.3 Å². The smallest absolute Gasteiger partial charge is 0.335 e. The van der Waals surface area contributed by atoms with Crippen LogP contribution < -0.4 is 14.8 Å². The number of anilines is 1. The number of benzene rings is 2. The van der Waals surface area contributed by atoms with Gasteiger partial charge in [0, 0.05) is 0 Å². The normalized spacial score (nSPS) is 10.5. The third-order valence-corrected chi connectivity index (χ3v) is 3.31. The summed E-state index contributed by atoms with van der Waals surface area (Å²) in [5, 5.41) is 11.6. The van der Waals surface area contributed by atoms with Crippen LogP contribution in [0.2, 0.25) is 0 Å². The number of carbonyl (C=O) groups excluding carboxylic acids is 1. The Balaban J connectivity index is 2.12. The highest BCUT2D eigenvalue weighted by atomic mass is 19.1. The first-order valence-electron chi connectivity index (χ1n) is 7.99. The third kappa shape index (κ3) is 5.20. The Morgan fingerprint density at radius 3 is 2.54 bits per heavy atom. The van der Waals surface area contributed by atoms with Crippen molar-refractivity contribution in [2.24, 2.45) is 0 Å². The Hall–Kier alpha value is -3.09. The molecule has 0 fully saturated rings. The van der Waals surface area contributed by atoms with Gasteiger partial charge in [0.1, 0.15) is 5.75 Å². The standard InChI is InChI=1S/C19H20FNO5/c1-11(2)26-16-7-5-13(19(23)24)9-15(16)21-18(22)10-25-17-8-12(3)4-6-14(17)20/h4-9,11H,10H2,1-3H3,(H,21,22)(H,23,24). The first-order chi connectivity index (χ1) is 12.3. The van der Waals surface area contributed by atoms with Crippen molar-refractivity contribution in [2.75, 3.05) is 11.9 Å². The molecule has 0 aromatic heterocycles. The van der Waals surface area contributed by atoms with Gasteiger partial charge in [-0.1, -0.05) is 6.07 Å².